The molecule has 1 rings (SSSR count). The van der Waals surface area contributed by atoms with Gasteiger partial charge >= 0.3 is 0 Å². The van der Waals surface area contributed by atoms with Crippen molar-refractivity contribution in [3.8, 4) is 11.5 Å². The highest BCUT2D eigenvalue weighted by Crippen LogP contribution is 2.36. The van der Waals surface area contributed by atoms with Gasteiger partial charge in [0.2, 0.25) is 0 Å². The third-order valence-corrected chi connectivity index (χ3v) is 2.80. The van der Waals surface area contributed by atoms with Crippen LogP contribution in [0.4, 0.5) is 0 Å². The van der Waals surface area contributed by atoms with E-state index < -0.39 is 0 Å². The predicted octanol–water partition coefficient (Wildman–Crippen LogP) is 2.57. The molecule has 0 heterocycles. The number of hydrazone groups is 1. The Morgan fingerprint density at radius 1 is 1.35 bits per heavy atom. The number of thiocarbonyl (C=S) groups is 1. The second kappa shape index (κ2) is 8.60. The Hall–Kier alpha value is -1.53. The van der Waals surface area contributed by atoms with Crippen molar-refractivity contribution in [2.75, 3.05) is 20.3 Å². The van der Waals surface area contributed by atoms with Crippen molar-refractivity contribution in [1.82, 2.24) is 10.7 Å². The zero-order valence-electron chi connectivity index (χ0n) is 11.7. The maximum Gasteiger partial charge on any atom is 0.186 e. The molecule has 0 saturated heterocycles. The molecule has 0 radical (unpaired) electrons. The molecule has 0 unspecified atom stereocenters. The molecule has 0 bridgehead atoms. The van der Waals surface area contributed by atoms with E-state index in [4.69, 9.17) is 33.3 Å². The normalized spacial score (nSPS) is 10.4. The van der Waals surface area contributed by atoms with Crippen molar-refractivity contribution >= 4 is 35.1 Å². The highest BCUT2D eigenvalue weighted by Gasteiger charge is 2.11. The lowest BCUT2D eigenvalue weighted by atomic mass is 10.2. The van der Waals surface area contributed by atoms with Gasteiger partial charge in [-0.1, -0.05) is 11.6 Å². The Balaban J connectivity index is 2.95. The minimum Gasteiger partial charge on any atom is -0.490 e. The molecule has 0 atom stereocenters. The lowest BCUT2D eigenvalue weighted by Crippen LogP contribution is -2.28. The summed E-state index contributed by atoms with van der Waals surface area (Å²) in [6.07, 6.45) is 1.60. The van der Waals surface area contributed by atoms with Crippen LogP contribution in [0.15, 0.2) is 17.2 Å². The van der Waals surface area contributed by atoms with E-state index in [1.165, 1.54) is 0 Å². The molecule has 0 aromatic heterocycles. The summed E-state index contributed by atoms with van der Waals surface area (Å²) < 4.78 is 11.0. The number of ether oxygens (including phenoxy) is 2. The van der Waals surface area contributed by atoms with E-state index in [0.29, 0.717) is 34.8 Å². The second-order valence-corrected chi connectivity index (χ2v) is 4.46. The first-order chi connectivity index (χ1) is 9.62. The topological polar surface area (TPSA) is 54.9 Å². The highest BCUT2D eigenvalue weighted by molar-refractivity contribution is 7.80. The summed E-state index contributed by atoms with van der Waals surface area (Å²) in [5.74, 6) is 1.14. The number of hydrogen-bond donors (Lipinski definition) is 2. The van der Waals surface area contributed by atoms with Gasteiger partial charge in [-0.3, -0.25) is 5.43 Å². The maximum atomic E-state index is 6.19. The second-order valence-electron chi connectivity index (χ2n) is 3.65. The molecule has 2 N–H and O–H groups in total. The fraction of sp³-hybridized carbons (Fsp3) is 0.385. The Morgan fingerprint density at radius 3 is 2.65 bits per heavy atom. The Labute approximate surface area is 129 Å². The Morgan fingerprint density at radius 2 is 2.05 bits per heavy atom. The van der Waals surface area contributed by atoms with Crippen LogP contribution in [0.5, 0.6) is 11.5 Å². The van der Waals surface area contributed by atoms with Gasteiger partial charge in [0.1, 0.15) is 0 Å². The van der Waals surface area contributed by atoms with Crippen LogP contribution in [0.1, 0.15) is 19.4 Å². The summed E-state index contributed by atoms with van der Waals surface area (Å²) in [5, 5.41) is 7.67. The fourth-order valence-corrected chi connectivity index (χ4v) is 1.76. The summed E-state index contributed by atoms with van der Waals surface area (Å²) in [5.41, 5.74) is 3.45. The molecular weight excluding hydrogens is 298 g/mol. The van der Waals surface area contributed by atoms with Crippen LogP contribution in [0.2, 0.25) is 5.02 Å². The summed E-state index contributed by atoms with van der Waals surface area (Å²) in [4.78, 5) is 0. The van der Waals surface area contributed by atoms with E-state index in [1.54, 1.807) is 19.3 Å². The zero-order valence-corrected chi connectivity index (χ0v) is 13.3. The molecule has 0 aliphatic carbocycles. The molecule has 1 aromatic carbocycles. The van der Waals surface area contributed by atoms with Gasteiger partial charge in [0, 0.05) is 7.05 Å². The van der Waals surface area contributed by atoms with Gasteiger partial charge in [-0.05, 0) is 43.8 Å². The first-order valence-electron chi connectivity index (χ1n) is 6.22. The average molecular weight is 316 g/mol. The number of rotatable bonds is 6. The summed E-state index contributed by atoms with van der Waals surface area (Å²) in [6.45, 7) is 4.84. The summed E-state index contributed by atoms with van der Waals surface area (Å²) >= 11 is 11.1. The van der Waals surface area contributed by atoms with Gasteiger partial charge in [0.25, 0.3) is 0 Å². The molecule has 5 nitrogen and oxygen atoms in total. The standard InChI is InChI=1S/C13H18ClN3O2S/c1-4-18-11-7-9(8-16-17-13(20)15-3)6-10(14)12(11)19-5-2/h6-8H,4-5H2,1-3H3,(H2,15,17,20)/b16-8+. The van der Waals surface area contributed by atoms with Gasteiger partial charge in [-0.2, -0.15) is 5.10 Å². The SMILES string of the molecule is CCOc1cc(/C=N/NC(=S)NC)cc(Cl)c1OCC. The van der Waals surface area contributed by atoms with Gasteiger partial charge < -0.3 is 14.8 Å². The van der Waals surface area contributed by atoms with Crippen LogP contribution in [0.3, 0.4) is 0 Å². The highest BCUT2D eigenvalue weighted by atomic mass is 35.5. The molecule has 0 saturated carbocycles. The molecule has 0 amide bonds. The van der Waals surface area contributed by atoms with Crippen LogP contribution >= 0.6 is 23.8 Å². The molecule has 7 heteroatoms. The van der Waals surface area contributed by atoms with Crippen LogP contribution < -0.4 is 20.2 Å². The van der Waals surface area contributed by atoms with Crippen molar-refractivity contribution in [3.05, 3.63) is 22.7 Å². The van der Waals surface area contributed by atoms with E-state index in [2.05, 4.69) is 15.8 Å². The molecule has 0 fully saturated rings. The van der Waals surface area contributed by atoms with E-state index in [0.717, 1.165) is 5.56 Å². The molecule has 110 valence electrons. The fourth-order valence-electron chi connectivity index (χ4n) is 1.43. The van der Waals surface area contributed by atoms with Crippen LogP contribution in [0.25, 0.3) is 0 Å². The third kappa shape index (κ3) is 4.86. The van der Waals surface area contributed by atoms with Gasteiger partial charge in [-0.25, -0.2) is 0 Å². The quantitative estimate of drug-likeness (QED) is 0.480. The van der Waals surface area contributed by atoms with Gasteiger partial charge in [0.15, 0.2) is 16.6 Å². The van der Waals surface area contributed by atoms with Crippen LogP contribution in [-0.2, 0) is 0 Å². The lowest BCUT2D eigenvalue weighted by molar-refractivity contribution is 0.288. The number of halogens is 1. The molecular formula is C13H18ClN3O2S. The minimum atomic E-state index is 0.434. The van der Waals surface area contributed by atoms with E-state index >= 15 is 0 Å². The number of nitrogens with one attached hydrogen (secondary N) is 2. The summed E-state index contributed by atoms with van der Waals surface area (Å²) in [6, 6.07) is 3.57. The molecule has 20 heavy (non-hydrogen) atoms. The maximum absolute atomic E-state index is 6.19. The number of benzene rings is 1. The van der Waals surface area contributed by atoms with E-state index in [9.17, 15) is 0 Å². The largest absolute Gasteiger partial charge is 0.490 e. The molecule has 1 aromatic rings. The van der Waals surface area contributed by atoms with Gasteiger partial charge in [0.05, 0.1) is 24.5 Å². The van der Waals surface area contributed by atoms with Crippen LogP contribution in [-0.4, -0.2) is 31.6 Å². The van der Waals surface area contributed by atoms with Crippen molar-refractivity contribution in [3.63, 3.8) is 0 Å². The molecule has 0 aliphatic heterocycles. The first-order valence-corrected chi connectivity index (χ1v) is 7.00. The Kier molecular flexibility index (Phi) is 7.11. The predicted molar refractivity (Wildman–Crippen MR) is 86.2 cm³/mol. The summed E-state index contributed by atoms with van der Waals surface area (Å²) in [7, 11) is 1.71. The van der Waals surface area contributed by atoms with Crippen molar-refractivity contribution in [1.29, 1.82) is 0 Å². The Bertz CT molecular complexity index is 495. The zero-order chi connectivity index (χ0) is 15.0. The van der Waals surface area contributed by atoms with Crippen molar-refractivity contribution < 1.29 is 9.47 Å². The van der Waals surface area contributed by atoms with Gasteiger partial charge in [-0.15, -0.1) is 0 Å². The average Bonchev–Trinajstić information content (AvgIpc) is 2.42. The van der Waals surface area contributed by atoms with Crippen molar-refractivity contribution in [2.24, 2.45) is 5.10 Å². The van der Waals surface area contributed by atoms with Crippen LogP contribution in [0, 0.1) is 0 Å². The number of nitrogens with zero attached hydrogens (tertiary/aromatic N) is 1. The third-order valence-electron chi connectivity index (χ3n) is 2.23. The molecule has 0 spiro atoms. The van der Waals surface area contributed by atoms with E-state index in [1.807, 2.05) is 19.9 Å². The molecule has 0 aliphatic rings. The number of hydrogen-bond acceptors (Lipinski definition) is 4. The first kappa shape index (κ1) is 16.5. The monoisotopic (exact) mass is 315 g/mol. The minimum absolute atomic E-state index is 0.434. The smallest absolute Gasteiger partial charge is 0.186 e. The van der Waals surface area contributed by atoms with Crippen molar-refractivity contribution in [2.45, 2.75) is 13.8 Å². The van der Waals surface area contributed by atoms with E-state index in [-0.39, 0.29) is 0 Å². The lowest BCUT2D eigenvalue weighted by Gasteiger charge is -2.13.